The number of hydrogen-bond donors (Lipinski definition) is 0. The van der Waals surface area contributed by atoms with E-state index in [4.69, 9.17) is 14.2 Å². The molecule has 0 spiro atoms. The van der Waals surface area contributed by atoms with E-state index in [9.17, 15) is 9.59 Å². The van der Waals surface area contributed by atoms with E-state index in [0.29, 0.717) is 11.4 Å². The predicted molar refractivity (Wildman–Crippen MR) is 89.5 cm³/mol. The van der Waals surface area contributed by atoms with Gasteiger partial charge in [-0.1, -0.05) is 18.2 Å². The van der Waals surface area contributed by atoms with Crippen LogP contribution in [0.1, 0.15) is 11.3 Å². The maximum absolute atomic E-state index is 12.2. The second-order valence-electron chi connectivity index (χ2n) is 5.03. The molecule has 0 radical (unpaired) electrons. The fourth-order valence-electron chi connectivity index (χ4n) is 2.19. The van der Waals surface area contributed by atoms with Crippen LogP contribution < -0.4 is 10.3 Å². The zero-order valence-electron chi connectivity index (χ0n) is 13.8. The molecule has 24 heavy (non-hydrogen) atoms. The summed E-state index contributed by atoms with van der Waals surface area (Å²) in [4.78, 5) is 24.2. The monoisotopic (exact) mass is 329 g/mol. The van der Waals surface area contributed by atoms with Crippen LogP contribution in [0.15, 0.2) is 53.5 Å². The highest BCUT2D eigenvalue weighted by atomic mass is 16.5. The summed E-state index contributed by atoms with van der Waals surface area (Å²) in [7, 11) is 2.63. The predicted octanol–water partition coefficient (Wildman–Crippen LogP) is 2.35. The topological polar surface area (TPSA) is 66.8 Å². The molecule has 0 saturated carbocycles. The molecule has 2 rings (SSSR count). The fourth-order valence-corrected chi connectivity index (χ4v) is 2.19. The molecule has 0 aliphatic heterocycles. The number of ether oxygens (including phenoxy) is 3. The van der Waals surface area contributed by atoms with Crippen LogP contribution in [-0.4, -0.2) is 24.8 Å². The molecule has 0 N–H and O–H groups in total. The molecule has 1 aromatic carbocycles. The molecule has 0 unspecified atom stereocenters. The molecule has 0 atom stereocenters. The smallest absolute Gasteiger partial charge is 0.358 e. The van der Waals surface area contributed by atoms with Crippen LogP contribution in [-0.2, 0) is 20.9 Å². The zero-order valence-corrected chi connectivity index (χ0v) is 13.8. The Kier molecular flexibility index (Phi) is 5.78. The first kappa shape index (κ1) is 17.3. The highest BCUT2D eigenvalue weighted by Gasteiger charge is 2.17. The van der Waals surface area contributed by atoms with E-state index in [1.807, 2.05) is 31.2 Å². The normalized spacial score (nSPS) is 11.0. The summed E-state index contributed by atoms with van der Waals surface area (Å²) >= 11 is 0. The molecule has 0 aliphatic rings. The minimum absolute atomic E-state index is 0.0200. The van der Waals surface area contributed by atoms with Gasteiger partial charge in [-0.05, 0) is 30.7 Å². The molecule has 0 aliphatic carbocycles. The molecule has 0 amide bonds. The van der Waals surface area contributed by atoms with Crippen LogP contribution in [0, 0.1) is 6.92 Å². The van der Waals surface area contributed by atoms with E-state index < -0.39 is 5.97 Å². The molecule has 0 saturated heterocycles. The molecule has 1 aromatic heterocycles. The Hall–Kier alpha value is -3.02. The van der Waals surface area contributed by atoms with Crippen molar-refractivity contribution in [1.82, 2.24) is 4.57 Å². The number of aromatic nitrogens is 1. The van der Waals surface area contributed by atoms with Gasteiger partial charge in [0, 0.05) is 6.07 Å². The summed E-state index contributed by atoms with van der Waals surface area (Å²) in [5.74, 6) is -0.00449. The number of esters is 1. The first-order valence-electron chi connectivity index (χ1n) is 7.29. The molecular formula is C18H19NO5. The summed E-state index contributed by atoms with van der Waals surface area (Å²) in [5.41, 5.74) is 1.16. The molecular weight excluding hydrogens is 310 g/mol. The number of nitrogens with zero attached hydrogens (tertiary/aromatic N) is 1. The third-order valence-electron chi connectivity index (χ3n) is 3.28. The Morgan fingerprint density at radius 2 is 1.92 bits per heavy atom. The SMILES string of the molecule is CO/C=C(\C(=O)OC)n1c(COc2cccc(C)c2)cccc1=O. The lowest BCUT2D eigenvalue weighted by Crippen LogP contribution is -2.27. The van der Waals surface area contributed by atoms with Crippen molar-refractivity contribution >= 4 is 11.7 Å². The number of pyridine rings is 1. The Morgan fingerprint density at radius 1 is 1.17 bits per heavy atom. The van der Waals surface area contributed by atoms with Crippen molar-refractivity contribution < 1.29 is 19.0 Å². The quantitative estimate of drug-likeness (QED) is 0.462. The third kappa shape index (κ3) is 4.04. The molecule has 6 heteroatoms. The van der Waals surface area contributed by atoms with Gasteiger partial charge < -0.3 is 14.2 Å². The van der Waals surface area contributed by atoms with Crippen molar-refractivity contribution in [2.45, 2.75) is 13.5 Å². The van der Waals surface area contributed by atoms with Gasteiger partial charge in [0.1, 0.15) is 18.6 Å². The largest absolute Gasteiger partial charge is 0.502 e. The highest BCUT2D eigenvalue weighted by molar-refractivity contribution is 6.09. The summed E-state index contributed by atoms with van der Waals surface area (Å²) in [6, 6.07) is 12.2. The number of aryl methyl sites for hydroxylation is 1. The number of carbonyl (C=O) groups is 1. The summed E-state index contributed by atoms with van der Waals surface area (Å²) in [5, 5.41) is 0. The first-order chi connectivity index (χ1) is 11.6. The fraction of sp³-hybridized carbons (Fsp3) is 0.222. The van der Waals surface area contributed by atoms with Crippen LogP contribution in [0.5, 0.6) is 5.75 Å². The number of methoxy groups -OCH3 is 2. The van der Waals surface area contributed by atoms with Gasteiger partial charge in [0.15, 0.2) is 5.70 Å². The van der Waals surface area contributed by atoms with Gasteiger partial charge in [0.25, 0.3) is 5.56 Å². The number of benzene rings is 1. The maximum atomic E-state index is 12.2. The lowest BCUT2D eigenvalue weighted by molar-refractivity contribution is -0.134. The standard InChI is InChI=1S/C18H19NO5/c1-13-6-4-8-15(10-13)24-11-14-7-5-9-17(20)19(14)16(12-22-2)18(21)23-3/h4-10,12H,11H2,1-3H3/b16-12+. The minimum atomic E-state index is -0.679. The first-order valence-corrected chi connectivity index (χ1v) is 7.29. The van der Waals surface area contributed by atoms with Crippen LogP contribution in [0.25, 0.3) is 5.70 Å². The van der Waals surface area contributed by atoms with Gasteiger partial charge in [0.05, 0.1) is 19.9 Å². The van der Waals surface area contributed by atoms with E-state index >= 15 is 0 Å². The molecule has 0 fully saturated rings. The molecule has 0 bridgehead atoms. The van der Waals surface area contributed by atoms with Crippen molar-refractivity contribution in [1.29, 1.82) is 0 Å². The lowest BCUT2D eigenvalue weighted by atomic mass is 10.2. The van der Waals surface area contributed by atoms with Gasteiger partial charge in [-0.2, -0.15) is 0 Å². The Morgan fingerprint density at radius 3 is 2.58 bits per heavy atom. The number of carbonyl (C=O) groups excluding carboxylic acids is 1. The zero-order chi connectivity index (χ0) is 17.5. The van der Waals surface area contributed by atoms with Crippen molar-refractivity contribution in [2.75, 3.05) is 14.2 Å². The van der Waals surface area contributed by atoms with Crippen LogP contribution >= 0.6 is 0 Å². The minimum Gasteiger partial charge on any atom is -0.502 e. The van der Waals surface area contributed by atoms with Crippen LogP contribution in [0.2, 0.25) is 0 Å². The molecule has 6 nitrogen and oxygen atoms in total. The lowest BCUT2D eigenvalue weighted by Gasteiger charge is -2.15. The van der Waals surface area contributed by atoms with Gasteiger partial charge in [-0.3, -0.25) is 9.36 Å². The summed E-state index contributed by atoms with van der Waals surface area (Å²) in [6.07, 6.45) is 1.17. The molecule has 1 heterocycles. The highest BCUT2D eigenvalue weighted by Crippen LogP contribution is 2.16. The van der Waals surface area contributed by atoms with Crippen LogP contribution in [0.3, 0.4) is 0 Å². The summed E-state index contributed by atoms with van der Waals surface area (Å²) < 4.78 is 16.6. The van der Waals surface area contributed by atoms with Gasteiger partial charge in [-0.15, -0.1) is 0 Å². The van der Waals surface area contributed by atoms with E-state index in [-0.39, 0.29) is 17.9 Å². The van der Waals surface area contributed by atoms with E-state index in [0.717, 1.165) is 5.56 Å². The van der Waals surface area contributed by atoms with Crippen molar-refractivity contribution in [3.8, 4) is 5.75 Å². The van der Waals surface area contributed by atoms with Crippen molar-refractivity contribution in [2.24, 2.45) is 0 Å². The number of rotatable bonds is 6. The Balaban J connectivity index is 2.37. The van der Waals surface area contributed by atoms with Crippen LogP contribution in [0.4, 0.5) is 0 Å². The second kappa shape index (κ2) is 8.01. The molecule has 2 aromatic rings. The third-order valence-corrected chi connectivity index (χ3v) is 3.28. The van der Waals surface area contributed by atoms with Crippen molar-refractivity contribution in [3.63, 3.8) is 0 Å². The van der Waals surface area contributed by atoms with E-state index in [1.165, 1.54) is 31.1 Å². The van der Waals surface area contributed by atoms with Gasteiger partial charge >= 0.3 is 5.97 Å². The van der Waals surface area contributed by atoms with Gasteiger partial charge in [-0.25, -0.2) is 4.79 Å². The Bertz CT molecular complexity index is 807. The second-order valence-corrected chi connectivity index (χ2v) is 5.03. The summed E-state index contributed by atoms with van der Waals surface area (Å²) in [6.45, 7) is 2.07. The Labute approximate surface area is 139 Å². The van der Waals surface area contributed by atoms with E-state index in [1.54, 1.807) is 12.1 Å². The number of hydrogen-bond acceptors (Lipinski definition) is 5. The average molecular weight is 329 g/mol. The molecule has 126 valence electrons. The van der Waals surface area contributed by atoms with Gasteiger partial charge in [0.2, 0.25) is 0 Å². The average Bonchev–Trinajstić information content (AvgIpc) is 2.58. The van der Waals surface area contributed by atoms with E-state index in [2.05, 4.69) is 0 Å². The van der Waals surface area contributed by atoms with Crippen molar-refractivity contribution in [3.05, 3.63) is 70.3 Å². The maximum Gasteiger partial charge on any atom is 0.358 e.